The maximum atomic E-state index is 12.7. The Morgan fingerprint density at radius 3 is 2.55 bits per heavy atom. The summed E-state index contributed by atoms with van der Waals surface area (Å²) in [7, 11) is 3.17. The fourth-order valence-corrected chi connectivity index (χ4v) is 3.95. The molecule has 0 atom stereocenters. The average Bonchev–Trinajstić information content (AvgIpc) is 3.31. The summed E-state index contributed by atoms with van der Waals surface area (Å²) in [6.45, 7) is 1.04. The van der Waals surface area contributed by atoms with Crippen LogP contribution >= 0.6 is 11.6 Å². The van der Waals surface area contributed by atoms with Crippen LogP contribution in [0.2, 0.25) is 5.02 Å². The van der Waals surface area contributed by atoms with Gasteiger partial charge >= 0.3 is 5.97 Å². The number of fused-ring (bicyclic) bond motifs is 1. The average molecular weight is 470 g/mol. The third-order valence-electron chi connectivity index (χ3n) is 5.56. The van der Waals surface area contributed by atoms with E-state index in [1.807, 2.05) is 30.3 Å². The largest absolute Gasteiger partial charge is 0.493 e. The standard InChI is InChI=1S/C24H24ClN3O5/c1-31-21-9-16-7-8-27(12-18(16)10-22(21)32-2)23(29)15-33-24(30)19-11-26-28(14-19)13-17-5-3-4-6-20(17)25/h3-6,9-11,14H,7-8,12-13,15H2,1-2H3. The molecule has 33 heavy (non-hydrogen) atoms. The summed E-state index contributed by atoms with van der Waals surface area (Å²) in [6, 6.07) is 11.2. The van der Waals surface area contributed by atoms with E-state index in [9.17, 15) is 9.59 Å². The van der Waals surface area contributed by atoms with E-state index in [4.69, 9.17) is 25.8 Å². The number of methoxy groups -OCH3 is 2. The van der Waals surface area contributed by atoms with Gasteiger partial charge in [0.2, 0.25) is 0 Å². The Bertz CT molecular complexity index is 1180. The van der Waals surface area contributed by atoms with Crippen molar-refractivity contribution in [1.29, 1.82) is 0 Å². The minimum atomic E-state index is -0.599. The van der Waals surface area contributed by atoms with Crippen LogP contribution in [0.15, 0.2) is 48.8 Å². The second-order valence-electron chi connectivity index (χ2n) is 7.64. The van der Waals surface area contributed by atoms with Crippen molar-refractivity contribution >= 4 is 23.5 Å². The summed E-state index contributed by atoms with van der Waals surface area (Å²) in [5, 5.41) is 4.81. The molecule has 2 aromatic carbocycles. The van der Waals surface area contributed by atoms with E-state index in [2.05, 4.69) is 5.10 Å². The Balaban J connectivity index is 1.33. The Hall–Kier alpha value is -3.52. The lowest BCUT2D eigenvalue weighted by Crippen LogP contribution is -2.38. The van der Waals surface area contributed by atoms with Gasteiger partial charge in [-0.1, -0.05) is 29.8 Å². The zero-order chi connectivity index (χ0) is 23.4. The van der Waals surface area contributed by atoms with Crippen molar-refractivity contribution in [2.75, 3.05) is 27.4 Å². The van der Waals surface area contributed by atoms with Crippen LogP contribution in [-0.2, 0) is 29.0 Å². The molecule has 0 N–H and O–H groups in total. The highest BCUT2D eigenvalue weighted by Gasteiger charge is 2.24. The summed E-state index contributed by atoms with van der Waals surface area (Å²) in [5.41, 5.74) is 3.26. The summed E-state index contributed by atoms with van der Waals surface area (Å²) in [6.07, 6.45) is 3.68. The molecular weight excluding hydrogens is 446 g/mol. The van der Waals surface area contributed by atoms with Crippen LogP contribution in [0.25, 0.3) is 0 Å². The van der Waals surface area contributed by atoms with Crippen molar-refractivity contribution in [2.45, 2.75) is 19.5 Å². The highest BCUT2D eigenvalue weighted by atomic mass is 35.5. The molecule has 0 unspecified atom stereocenters. The second-order valence-corrected chi connectivity index (χ2v) is 8.04. The Morgan fingerprint density at radius 1 is 1.09 bits per heavy atom. The Labute approximate surface area is 196 Å². The monoisotopic (exact) mass is 469 g/mol. The van der Waals surface area contributed by atoms with Gasteiger partial charge in [0, 0.05) is 24.3 Å². The number of ether oxygens (including phenoxy) is 3. The minimum Gasteiger partial charge on any atom is -0.493 e. The van der Waals surface area contributed by atoms with E-state index in [1.54, 1.807) is 36.1 Å². The Morgan fingerprint density at radius 2 is 1.82 bits per heavy atom. The number of amides is 1. The molecule has 0 aliphatic carbocycles. The predicted molar refractivity (Wildman–Crippen MR) is 122 cm³/mol. The van der Waals surface area contributed by atoms with Gasteiger partial charge in [0.1, 0.15) is 0 Å². The molecule has 4 rings (SSSR count). The molecule has 172 valence electrons. The van der Waals surface area contributed by atoms with Crippen LogP contribution in [-0.4, -0.2) is 53.9 Å². The first-order valence-electron chi connectivity index (χ1n) is 10.4. The van der Waals surface area contributed by atoms with Gasteiger partial charge in [-0.2, -0.15) is 5.10 Å². The van der Waals surface area contributed by atoms with Crippen molar-refractivity contribution < 1.29 is 23.8 Å². The van der Waals surface area contributed by atoms with Gasteiger partial charge < -0.3 is 19.1 Å². The molecule has 1 aliphatic rings. The highest BCUT2D eigenvalue weighted by Crippen LogP contribution is 2.33. The predicted octanol–water partition coefficient (Wildman–Crippen LogP) is 3.34. The first kappa shape index (κ1) is 22.7. The molecule has 0 spiro atoms. The maximum absolute atomic E-state index is 12.7. The molecular formula is C24H24ClN3O5. The van der Waals surface area contributed by atoms with Gasteiger partial charge in [-0.25, -0.2) is 4.79 Å². The van der Waals surface area contributed by atoms with E-state index in [0.717, 1.165) is 16.7 Å². The lowest BCUT2D eigenvalue weighted by atomic mass is 9.99. The van der Waals surface area contributed by atoms with E-state index < -0.39 is 5.97 Å². The molecule has 0 saturated carbocycles. The van der Waals surface area contributed by atoms with E-state index >= 15 is 0 Å². The summed E-state index contributed by atoms with van der Waals surface area (Å²) in [5.74, 6) is 0.427. The van der Waals surface area contributed by atoms with Crippen molar-refractivity contribution in [1.82, 2.24) is 14.7 Å². The SMILES string of the molecule is COc1cc2c(cc1OC)CN(C(=O)COC(=O)c1cnn(Cc3ccccc3Cl)c1)CC2. The van der Waals surface area contributed by atoms with Crippen LogP contribution in [0.5, 0.6) is 11.5 Å². The molecule has 0 radical (unpaired) electrons. The lowest BCUT2D eigenvalue weighted by Gasteiger charge is -2.29. The number of carbonyl (C=O) groups excluding carboxylic acids is 2. The second kappa shape index (κ2) is 9.95. The maximum Gasteiger partial charge on any atom is 0.341 e. The van der Waals surface area contributed by atoms with Gasteiger partial charge in [-0.15, -0.1) is 0 Å². The van der Waals surface area contributed by atoms with Crippen LogP contribution in [0, 0.1) is 0 Å². The number of hydrogen-bond donors (Lipinski definition) is 0. The van der Waals surface area contributed by atoms with Gasteiger partial charge in [0.05, 0.1) is 32.5 Å². The van der Waals surface area contributed by atoms with Crippen molar-refractivity contribution in [2.24, 2.45) is 0 Å². The number of hydrogen-bond acceptors (Lipinski definition) is 6. The quantitative estimate of drug-likeness (QED) is 0.493. The molecule has 2 heterocycles. The molecule has 8 nitrogen and oxygen atoms in total. The number of nitrogens with zero attached hydrogens (tertiary/aromatic N) is 3. The third kappa shape index (κ3) is 5.12. The molecule has 1 aliphatic heterocycles. The summed E-state index contributed by atoms with van der Waals surface area (Å²) >= 11 is 6.18. The van der Waals surface area contributed by atoms with Crippen LogP contribution in [0.3, 0.4) is 0 Å². The van der Waals surface area contributed by atoms with Crippen LogP contribution < -0.4 is 9.47 Å². The topological polar surface area (TPSA) is 82.9 Å². The normalized spacial score (nSPS) is 12.8. The number of benzene rings is 2. The smallest absolute Gasteiger partial charge is 0.341 e. The van der Waals surface area contributed by atoms with E-state index in [-0.39, 0.29) is 18.1 Å². The van der Waals surface area contributed by atoms with E-state index in [1.165, 1.54) is 6.20 Å². The molecule has 3 aromatic rings. The molecule has 0 saturated heterocycles. The first-order valence-corrected chi connectivity index (χ1v) is 10.8. The zero-order valence-corrected chi connectivity index (χ0v) is 19.2. The number of carbonyl (C=O) groups is 2. The van der Waals surface area contributed by atoms with Gasteiger partial charge in [-0.05, 0) is 41.3 Å². The van der Waals surface area contributed by atoms with Gasteiger partial charge in [0.15, 0.2) is 18.1 Å². The molecule has 9 heteroatoms. The molecule has 0 bridgehead atoms. The van der Waals surface area contributed by atoms with Crippen LogP contribution in [0.1, 0.15) is 27.0 Å². The Kier molecular flexibility index (Phi) is 6.84. The van der Waals surface area contributed by atoms with Crippen molar-refractivity contribution in [3.05, 3.63) is 76.1 Å². The molecule has 0 fully saturated rings. The minimum absolute atomic E-state index is 0.257. The first-order chi connectivity index (χ1) is 16.0. The summed E-state index contributed by atoms with van der Waals surface area (Å²) in [4.78, 5) is 26.7. The van der Waals surface area contributed by atoms with Crippen LogP contribution in [0.4, 0.5) is 0 Å². The third-order valence-corrected chi connectivity index (χ3v) is 5.93. The van der Waals surface area contributed by atoms with Crippen molar-refractivity contribution in [3.63, 3.8) is 0 Å². The van der Waals surface area contributed by atoms with Crippen molar-refractivity contribution in [3.8, 4) is 11.5 Å². The zero-order valence-electron chi connectivity index (χ0n) is 18.4. The molecule has 1 amide bonds. The van der Waals surface area contributed by atoms with Gasteiger partial charge in [-0.3, -0.25) is 9.48 Å². The number of esters is 1. The fourth-order valence-electron chi connectivity index (χ4n) is 3.75. The summed E-state index contributed by atoms with van der Waals surface area (Å²) < 4.78 is 17.6. The highest BCUT2D eigenvalue weighted by molar-refractivity contribution is 6.31. The fraction of sp³-hybridized carbons (Fsp3) is 0.292. The number of aromatic nitrogens is 2. The number of halogens is 1. The van der Waals surface area contributed by atoms with E-state index in [0.29, 0.717) is 42.6 Å². The molecule has 1 aromatic heterocycles. The number of rotatable bonds is 7. The van der Waals surface area contributed by atoms with Gasteiger partial charge in [0.25, 0.3) is 5.91 Å². The lowest BCUT2D eigenvalue weighted by molar-refractivity contribution is -0.135.